The van der Waals surface area contributed by atoms with Gasteiger partial charge >= 0.3 is 5.97 Å². The molecule has 160 valence electrons. The Morgan fingerprint density at radius 2 is 1.61 bits per heavy atom. The molecule has 7 nitrogen and oxygen atoms in total. The Morgan fingerprint density at radius 1 is 0.903 bits per heavy atom. The highest BCUT2D eigenvalue weighted by Gasteiger charge is 2.18. The van der Waals surface area contributed by atoms with Crippen LogP contribution in [0.15, 0.2) is 71.3 Å². The second-order valence-electron chi connectivity index (χ2n) is 7.93. The van der Waals surface area contributed by atoms with Gasteiger partial charge < -0.3 is 19.8 Å². The van der Waals surface area contributed by atoms with Crippen molar-refractivity contribution in [1.29, 1.82) is 0 Å². The van der Waals surface area contributed by atoms with Crippen molar-refractivity contribution in [2.24, 2.45) is 0 Å². The van der Waals surface area contributed by atoms with Gasteiger partial charge in [-0.3, -0.25) is 9.59 Å². The predicted molar refractivity (Wildman–Crippen MR) is 117 cm³/mol. The largest absolute Gasteiger partial charge is 0.459 e. The zero-order valence-electron chi connectivity index (χ0n) is 17.6. The molecule has 2 aromatic carbocycles. The number of esters is 1. The van der Waals surface area contributed by atoms with E-state index in [1.807, 2.05) is 12.1 Å². The van der Waals surface area contributed by atoms with Crippen molar-refractivity contribution in [3.63, 3.8) is 0 Å². The molecule has 0 saturated carbocycles. The van der Waals surface area contributed by atoms with Crippen LogP contribution in [0.4, 0.5) is 11.4 Å². The van der Waals surface area contributed by atoms with E-state index in [2.05, 4.69) is 31.4 Å². The topological polar surface area (TPSA) is 97.6 Å². The SMILES string of the molecule is CC(C)(C)c1ccc(NC(=O)COC(=O)c2ccccc2NC(=O)c2ccco2)cc1. The van der Waals surface area contributed by atoms with Crippen molar-refractivity contribution in [2.75, 3.05) is 17.2 Å². The number of benzene rings is 2. The number of carbonyl (C=O) groups excluding carboxylic acids is 3. The fraction of sp³-hybridized carbons (Fsp3) is 0.208. The molecule has 1 heterocycles. The van der Waals surface area contributed by atoms with E-state index in [0.717, 1.165) is 5.56 Å². The third-order valence-electron chi connectivity index (χ3n) is 4.51. The van der Waals surface area contributed by atoms with Crippen molar-refractivity contribution >= 4 is 29.2 Å². The number of carbonyl (C=O) groups is 3. The third kappa shape index (κ3) is 5.82. The van der Waals surface area contributed by atoms with Crippen LogP contribution in [0.1, 0.15) is 47.2 Å². The molecule has 0 unspecified atom stereocenters. The molecule has 0 aliphatic heterocycles. The molecule has 2 N–H and O–H groups in total. The van der Waals surface area contributed by atoms with Gasteiger partial charge in [0.1, 0.15) is 0 Å². The summed E-state index contributed by atoms with van der Waals surface area (Å²) in [6.07, 6.45) is 1.38. The van der Waals surface area contributed by atoms with Crippen LogP contribution >= 0.6 is 0 Å². The summed E-state index contributed by atoms with van der Waals surface area (Å²) >= 11 is 0. The zero-order valence-corrected chi connectivity index (χ0v) is 17.6. The minimum absolute atomic E-state index is 0.0117. The lowest BCUT2D eigenvalue weighted by Crippen LogP contribution is -2.22. The van der Waals surface area contributed by atoms with Gasteiger partial charge in [-0.05, 0) is 47.4 Å². The molecule has 0 saturated heterocycles. The lowest BCUT2D eigenvalue weighted by atomic mass is 9.87. The first-order valence-corrected chi connectivity index (χ1v) is 9.75. The molecule has 0 aliphatic carbocycles. The van der Waals surface area contributed by atoms with Crippen LogP contribution in [0.5, 0.6) is 0 Å². The van der Waals surface area contributed by atoms with Crippen molar-refractivity contribution < 1.29 is 23.5 Å². The molecule has 1 aromatic heterocycles. The van der Waals surface area contributed by atoms with Gasteiger partial charge in [-0.1, -0.05) is 45.0 Å². The smallest absolute Gasteiger partial charge is 0.340 e. The summed E-state index contributed by atoms with van der Waals surface area (Å²) in [6.45, 7) is 5.86. The fourth-order valence-electron chi connectivity index (χ4n) is 2.82. The number of hydrogen-bond acceptors (Lipinski definition) is 5. The maximum Gasteiger partial charge on any atom is 0.340 e. The quantitative estimate of drug-likeness (QED) is 0.567. The van der Waals surface area contributed by atoms with Crippen molar-refractivity contribution in [2.45, 2.75) is 26.2 Å². The van der Waals surface area contributed by atoms with E-state index in [1.54, 1.807) is 36.4 Å². The van der Waals surface area contributed by atoms with Crippen molar-refractivity contribution in [1.82, 2.24) is 0 Å². The van der Waals surface area contributed by atoms with Gasteiger partial charge in [0.2, 0.25) is 0 Å². The normalized spacial score (nSPS) is 10.9. The van der Waals surface area contributed by atoms with E-state index >= 15 is 0 Å². The second-order valence-corrected chi connectivity index (χ2v) is 7.93. The summed E-state index contributed by atoms with van der Waals surface area (Å²) in [5.74, 6) is -1.58. The van der Waals surface area contributed by atoms with Gasteiger partial charge in [0.25, 0.3) is 11.8 Å². The monoisotopic (exact) mass is 420 g/mol. The minimum atomic E-state index is -0.728. The number of hydrogen-bond donors (Lipinski definition) is 2. The molecule has 0 spiro atoms. The molecule has 0 bridgehead atoms. The molecule has 3 aromatic rings. The van der Waals surface area contributed by atoms with Crippen LogP contribution in [0.3, 0.4) is 0 Å². The summed E-state index contributed by atoms with van der Waals surface area (Å²) in [5.41, 5.74) is 2.15. The van der Waals surface area contributed by atoms with E-state index in [-0.39, 0.29) is 22.4 Å². The van der Waals surface area contributed by atoms with Crippen molar-refractivity contribution in [3.8, 4) is 0 Å². The van der Waals surface area contributed by atoms with Crippen molar-refractivity contribution in [3.05, 3.63) is 83.8 Å². The highest BCUT2D eigenvalue weighted by Crippen LogP contribution is 2.23. The maximum absolute atomic E-state index is 12.5. The Balaban J connectivity index is 1.58. The highest BCUT2D eigenvalue weighted by atomic mass is 16.5. The summed E-state index contributed by atoms with van der Waals surface area (Å²) in [7, 11) is 0. The molecule has 7 heteroatoms. The van der Waals surface area contributed by atoms with E-state index in [1.165, 1.54) is 18.4 Å². The van der Waals surface area contributed by atoms with Crippen LogP contribution in [-0.4, -0.2) is 24.4 Å². The molecule has 2 amide bonds. The summed E-state index contributed by atoms with van der Waals surface area (Å²) in [5, 5.41) is 5.30. The number of furan rings is 1. The Morgan fingerprint density at radius 3 is 2.26 bits per heavy atom. The summed E-state index contributed by atoms with van der Waals surface area (Å²) in [4.78, 5) is 36.8. The maximum atomic E-state index is 12.5. The standard InChI is InChI=1S/C24H24N2O5/c1-24(2,3)16-10-12-17(13-11-16)25-21(27)15-31-23(29)18-7-4-5-8-19(18)26-22(28)20-9-6-14-30-20/h4-14H,15H2,1-3H3,(H,25,27)(H,26,28). The Hall–Kier alpha value is -3.87. The van der Waals surface area contributed by atoms with E-state index in [4.69, 9.17) is 9.15 Å². The van der Waals surface area contributed by atoms with Crippen LogP contribution in [0.2, 0.25) is 0 Å². The second kappa shape index (κ2) is 9.30. The Kier molecular flexibility index (Phi) is 6.55. The van der Waals surface area contributed by atoms with Crippen LogP contribution < -0.4 is 10.6 Å². The lowest BCUT2D eigenvalue weighted by molar-refractivity contribution is -0.119. The Labute approximate surface area is 180 Å². The summed E-state index contributed by atoms with van der Waals surface area (Å²) in [6, 6.07) is 17.0. The number of ether oxygens (including phenoxy) is 1. The molecule has 0 radical (unpaired) electrons. The van der Waals surface area contributed by atoms with Crippen LogP contribution in [0, 0.1) is 0 Å². The number of rotatable bonds is 6. The van der Waals surface area contributed by atoms with Gasteiger partial charge in [0.15, 0.2) is 12.4 Å². The highest BCUT2D eigenvalue weighted by molar-refractivity contribution is 6.07. The fourth-order valence-corrected chi connectivity index (χ4v) is 2.82. The molecule has 0 fully saturated rings. The first kappa shape index (κ1) is 21.8. The van der Waals surface area contributed by atoms with E-state index in [0.29, 0.717) is 5.69 Å². The van der Waals surface area contributed by atoms with E-state index < -0.39 is 24.4 Å². The third-order valence-corrected chi connectivity index (χ3v) is 4.51. The predicted octanol–water partition coefficient (Wildman–Crippen LogP) is 4.62. The lowest BCUT2D eigenvalue weighted by Gasteiger charge is -2.19. The minimum Gasteiger partial charge on any atom is -0.459 e. The van der Waals surface area contributed by atoms with Gasteiger partial charge in [0, 0.05) is 5.69 Å². The van der Waals surface area contributed by atoms with Crippen LogP contribution in [0.25, 0.3) is 0 Å². The average molecular weight is 420 g/mol. The Bertz CT molecular complexity index is 1060. The molecule has 0 atom stereocenters. The average Bonchev–Trinajstić information content (AvgIpc) is 3.27. The van der Waals surface area contributed by atoms with Gasteiger partial charge in [0.05, 0.1) is 17.5 Å². The molecular weight excluding hydrogens is 396 g/mol. The molecular formula is C24H24N2O5. The number of amides is 2. The number of para-hydroxylation sites is 1. The van der Waals surface area contributed by atoms with Gasteiger partial charge in [-0.25, -0.2) is 4.79 Å². The molecule has 3 rings (SSSR count). The van der Waals surface area contributed by atoms with Gasteiger partial charge in [-0.15, -0.1) is 0 Å². The molecule has 0 aliphatic rings. The van der Waals surface area contributed by atoms with Crippen LogP contribution in [-0.2, 0) is 14.9 Å². The number of nitrogens with one attached hydrogen (secondary N) is 2. The van der Waals surface area contributed by atoms with E-state index in [9.17, 15) is 14.4 Å². The number of anilines is 2. The molecule has 31 heavy (non-hydrogen) atoms. The zero-order chi connectivity index (χ0) is 22.4. The summed E-state index contributed by atoms with van der Waals surface area (Å²) < 4.78 is 10.2. The first-order valence-electron chi connectivity index (χ1n) is 9.75. The van der Waals surface area contributed by atoms with Gasteiger partial charge in [-0.2, -0.15) is 0 Å². The first-order chi connectivity index (χ1) is 14.7.